The summed E-state index contributed by atoms with van der Waals surface area (Å²) < 4.78 is 0. The number of rotatable bonds is 3. The monoisotopic (exact) mass is 158 g/mol. The molecular weight excluding hydrogens is 144 g/mol. The van der Waals surface area contributed by atoms with Crippen molar-refractivity contribution in [3.63, 3.8) is 0 Å². The smallest absolute Gasteiger partial charge is 0.309 e. The number of amides is 2. The number of nitrogens with one attached hydrogen (secondary N) is 1. The molecule has 0 aliphatic rings. The SMILES string of the molecule is CC[C@@H](C)CNC(=O)C(N)=O. The van der Waals surface area contributed by atoms with Gasteiger partial charge in [-0.1, -0.05) is 20.3 Å². The number of primary amides is 1. The maximum absolute atomic E-state index is 10.6. The molecule has 0 radical (unpaired) electrons. The lowest BCUT2D eigenvalue weighted by Gasteiger charge is -2.07. The van der Waals surface area contributed by atoms with Gasteiger partial charge in [-0.3, -0.25) is 9.59 Å². The summed E-state index contributed by atoms with van der Waals surface area (Å²) in [6.45, 7) is 4.51. The zero-order valence-electron chi connectivity index (χ0n) is 6.89. The zero-order valence-corrected chi connectivity index (χ0v) is 6.89. The molecule has 1 atom stereocenters. The van der Waals surface area contributed by atoms with E-state index in [-0.39, 0.29) is 0 Å². The van der Waals surface area contributed by atoms with Gasteiger partial charge in [0.05, 0.1) is 0 Å². The van der Waals surface area contributed by atoms with Crippen molar-refractivity contribution in [1.29, 1.82) is 0 Å². The van der Waals surface area contributed by atoms with Gasteiger partial charge in [0.2, 0.25) is 0 Å². The lowest BCUT2D eigenvalue weighted by Crippen LogP contribution is -2.38. The summed E-state index contributed by atoms with van der Waals surface area (Å²) in [5.74, 6) is -1.24. The Kier molecular flexibility index (Phi) is 4.26. The minimum atomic E-state index is -0.923. The first kappa shape index (κ1) is 9.94. The standard InChI is InChI=1S/C7H14N2O2/c1-3-5(2)4-9-7(11)6(8)10/h5H,3-4H2,1-2H3,(H2,8,10)(H,9,11)/t5-/m1/s1. The van der Waals surface area contributed by atoms with Crippen molar-refractivity contribution < 1.29 is 9.59 Å². The number of hydrogen-bond donors (Lipinski definition) is 2. The molecule has 0 aliphatic heterocycles. The Morgan fingerprint density at radius 3 is 2.45 bits per heavy atom. The fraction of sp³-hybridized carbons (Fsp3) is 0.714. The normalized spacial score (nSPS) is 12.2. The molecule has 2 amide bonds. The second kappa shape index (κ2) is 4.71. The molecule has 0 aliphatic carbocycles. The second-order valence-electron chi connectivity index (χ2n) is 2.59. The van der Waals surface area contributed by atoms with Crippen molar-refractivity contribution in [2.75, 3.05) is 6.54 Å². The molecule has 0 bridgehead atoms. The van der Waals surface area contributed by atoms with E-state index in [1.165, 1.54) is 0 Å². The molecule has 4 nitrogen and oxygen atoms in total. The summed E-state index contributed by atoms with van der Waals surface area (Å²) in [7, 11) is 0. The fourth-order valence-electron chi connectivity index (χ4n) is 0.498. The van der Waals surface area contributed by atoms with Crippen LogP contribution in [0.3, 0.4) is 0 Å². The summed E-state index contributed by atoms with van der Waals surface area (Å²) in [6.07, 6.45) is 0.971. The number of carbonyl (C=O) groups excluding carboxylic acids is 2. The molecule has 0 unspecified atom stereocenters. The summed E-state index contributed by atoms with van der Waals surface area (Å²) in [4.78, 5) is 20.8. The first-order chi connectivity index (χ1) is 5.07. The van der Waals surface area contributed by atoms with Gasteiger partial charge in [-0.25, -0.2) is 0 Å². The van der Waals surface area contributed by atoms with Crippen LogP contribution in [-0.4, -0.2) is 18.4 Å². The Hall–Kier alpha value is -1.06. The summed E-state index contributed by atoms with van der Waals surface area (Å²) in [5, 5.41) is 2.42. The summed E-state index contributed by atoms with van der Waals surface area (Å²) >= 11 is 0. The third-order valence-corrected chi connectivity index (χ3v) is 1.53. The van der Waals surface area contributed by atoms with Crippen LogP contribution in [0.4, 0.5) is 0 Å². The third-order valence-electron chi connectivity index (χ3n) is 1.53. The Balaban J connectivity index is 3.54. The molecule has 64 valence electrons. The molecule has 0 aromatic rings. The third kappa shape index (κ3) is 4.36. The molecule has 0 aromatic carbocycles. The van der Waals surface area contributed by atoms with Crippen molar-refractivity contribution in [3.05, 3.63) is 0 Å². The Bertz CT molecular complexity index is 157. The van der Waals surface area contributed by atoms with Gasteiger partial charge in [-0.2, -0.15) is 0 Å². The highest BCUT2D eigenvalue weighted by atomic mass is 16.2. The van der Waals surface area contributed by atoms with Crippen molar-refractivity contribution in [1.82, 2.24) is 5.32 Å². The van der Waals surface area contributed by atoms with E-state index < -0.39 is 11.8 Å². The first-order valence-corrected chi connectivity index (χ1v) is 3.65. The van der Waals surface area contributed by atoms with E-state index in [4.69, 9.17) is 5.73 Å². The quantitative estimate of drug-likeness (QED) is 0.550. The predicted molar refractivity (Wildman–Crippen MR) is 41.7 cm³/mol. The van der Waals surface area contributed by atoms with Gasteiger partial charge in [-0.15, -0.1) is 0 Å². The fourth-order valence-corrected chi connectivity index (χ4v) is 0.498. The average Bonchev–Trinajstić information content (AvgIpc) is 1.99. The number of hydrogen-bond acceptors (Lipinski definition) is 2. The van der Waals surface area contributed by atoms with Gasteiger partial charge in [0.25, 0.3) is 0 Å². The van der Waals surface area contributed by atoms with Gasteiger partial charge < -0.3 is 11.1 Å². The maximum Gasteiger partial charge on any atom is 0.309 e. The van der Waals surface area contributed by atoms with Crippen LogP contribution in [0, 0.1) is 5.92 Å². The maximum atomic E-state index is 10.6. The minimum Gasteiger partial charge on any atom is -0.361 e. The highest BCUT2D eigenvalue weighted by Gasteiger charge is 2.08. The molecule has 0 heterocycles. The van der Waals surface area contributed by atoms with Crippen LogP contribution in [0.15, 0.2) is 0 Å². The van der Waals surface area contributed by atoms with E-state index >= 15 is 0 Å². The van der Waals surface area contributed by atoms with Crippen LogP contribution in [-0.2, 0) is 9.59 Å². The van der Waals surface area contributed by atoms with Crippen LogP contribution < -0.4 is 11.1 Å². The molecule has 0 rings (SSSR count). The molecule has 0 fully saturated rings. The molecule has 11 heavy (non-hydrogen) atoms. The molecular formula is C7H14N2O2. The van der Waals surface area contributed by atoms with Crippen LogP contribution in [0.5, 0.6) is 0 Å². The van der Waals surface area contributed by atoms with Gasteiger partial charge in [0.15, 0.2) is 0 Å². The Labute approximate surface area is 66.1 Å². The Morgan fingerprint density at radius 2 is 2.09 bits per heavy atom. The van der Waals surface area contributed by atoms with Crippen LogP contribution in [0.25, 0.3) is 0 Å². The summed E-state index contributed by atoms with van der Waals surface area (Å²) in [6, 6.07) is 0. The van der Waals surface area contributed by atoms with Crippen LogP contribution in [0.2, 0.25) is 0 Å². The molecule has 0 saturated heterocycles. The van der Waals surface area contributed by atoms with E-state index in [0.717, 1.165) is 6.42 Å². The van der Waals surface area contributed by atoms with Crippen molar-refractivity contribution >= 4 is 11.8 Å². The molecule has 0 saturated carbocycles. The molecule has 0 aromatic heterocycles. The van der Waals surface area contributed by atoms with E-state index in [9.17, 15) is 9.59 Å². The van der Waals surface area contributed by atoms with Gasteiger partial charge in [0, 0.05) is 6.54 Å². The lowest BCUT2D eigenvalue weighted by atomic mass is 10.1. The molecule has 4 heteroatoms. The van der Waals surface area contributed by atoms with Gasteiger partial charge in [-0.05, 0) is 5.92 Å². The van der Waals surface area contributed by atoms with Crippen LogP contribution in [0.1, 0.15) is 20.3 Å². The average molecular weight is 158 g/mol. The largest absolute Gasteiger partial charge is 0.361 e. The predicted octanol–water partition coefficient (Wildman–Crippen LogP) is -0.366. The van der Waals surface area contributed by atoms with Gasteiger partial charge >= 0.3 is 11.8 Å². The topological polar surface area (TPSA) is 72.2 Å². The highest BCUT2D eigenvalue weighted by Crippen LogP contribution is 1.96. The first-order valence-electron chi connectivity index (χ1n) is 3.65. The van der Waals surface area contributed by atoms with Crippen molar-refractivity contribution in [2.45, 2.75) is 20.3 Å². The second-order valence-corrected chi connectivity index (χ2v) is 2.59. The van der Waals surface area contributed by atoms with Crippen LogP contribution >= 0.6 is 0 Å². The molecule has 3 N–H and O–H groups in total. The van der Waals surface area contributed by atoms with Crippen molar-refractivity contribution in [2.24, 2.45) is 11.7 Å². The lowest BCUT2D eigenvalue weighted by molar-refractivity contribution is -0.137. The number of carbonyl (C=O) groups is 2. The Morgan fingerprint density at radius 1 is 1.55 bits per heavy atom. The van der Waals surface area contributed by atoms with Gasteiger partial charge in [0.1, 0.15) is 0 Å². The molecule has 0 spiro atoms. The number of nitrogens with two attached hydrogens (primary N) is 1. The van der Waals surface area contributed by atoms with E-state index in [1.54, 1.807) is 0 Å². The van der Waals surface area contributed by atoms with E-state index in [0.29, 0.717) is 12.5 Å². The zero-order chi connectivity index (χ0) is 8.85. The summed E-state index contributed by atoms with van der Waals surface area (Å²) in [5.41, 5.74) is 4.71. The van der Waals surface area contributed by atoms with E-state index in [1.807, 2.05) is 13.8 Å². The minimum absolute atomic E-state index is 0.387. The van der Waals surface area contributed by atoms with Crippen molar-refractivity contribution in [3.8, 4) is 0 Å². The van der Waals surface area contributed by atoms with E-state index in [2.05, 4.69) is 5.32 Å². The highest BCUT2D eigenvalue weighted by molar-refractivity contribution is 6.34.